The third kappa shape index (κ3) is 4.94. The molecule has 0 saturated heterocycles. The second-order valence-corrected chi connectivity index (χ2v) is 7.36. The molecule has 0 aliphatic rings. The Bertz CT molecular complexity index is 1150. The summed E-state index contributed by atoms with van der Waals surface area (Å²) in [6, 6.07) is 11.9. The van der Waals surface area contributed by atoms with Crippen LogP contribution in [0.15, 0.2) is 47.5 Å². The van der Waals surface area contributed by atoms with Crippen molar-refractivity contribution in [2.45, 2.75) is 26.8 Å². The second kappa shape index (κ2) is 8.78. The number of ether oxygens (including phenoxy) is 1. The smallest absolute Gasteiger partial charge is 0.326 e. The van der Waals surface area contributed by atoms with Crippen LogP contribution in [0, 0.1) is 17.0 Å². The minimum Gasteiger partial charge on any atom is -0.465 e. The van der Waals surface area contributed by atoms with E-state index in [-0.39, 0.29) is 31.2 Å². The van der Waals surface area contributed by atoms with E-state index in [4.69, 9.17) is 4.74 Å². The average Bonchev–Trinajstić information content (AvgIpc) is 3.00. The van der Waals surface area contributed by atoms with Gasteiger partial charge in [-0.25, -0.2) is 0 Å². The number of nitro groups is 1. The molecule has 0 unspecified atom stereocenters. The second-order valence-electron chi connectivity index (χ2n) is 6.35. The van der Waals surface area contributed by atoms with Gasteiger partial charge in [0.25, 0.3) is 11.6 Å². The summed E-state index contributed by atoms with van der Waals surface area (Å²) in [7, 11) is 0. The Morgan fingerprint density at radius 1 is 1.21 bits per heavy atom. The number of fused-ring (bicyclic) bond motifs is 1. The van der Waals surface area contributed by atoms with Crippen molar-refractivity contribution >= 4 is 39.1 Å². The van der Waals surface area contributed by atoms with Gasteiger partial charge in [0, 0.05) is 12.1 Å². The molecular formula is C20H19N3O5S. The summed E-state index contributed by atoms with van der Waals surface area (Å²) in [5.41, 5.74) is 2.43. The number of aryl methyl sites for hydroxylation is 1. The number of carbonyl (C=O) groups excluding carboxylic acids is 2. The van der Waals surface area contributed by atoms with Crippen LogP contribution < -0.4 is 4.80 Å². The molecule has 3 rings (SSSR count). The summed E-state index contributed by atoms with van der Waals surface area (Å²) in [6.07, 6.45) is 0.119. The van der Waals surface area contributed by atoms with Gasteiger partial charge in [-0.2, -0.15) is 4.99 Å². The van der Waals surface area contributed by atoms with Crippen molar-refractivity contribution in [2.75, 3.05) is 6.61 Å². The van der Waals surface area contributed by atoms with Gasteiger partial charge >= 0.3 is 5.97 Å². The Hall–Kier alpha value is -3.33. The van der Waals surface area contributed by atoms with Crippen molar-refractivity contribution in [3.05, 3.63) is 68.5 Å². The summed E-state index contributed by atoms with van der Waals surface area (Å²) in [6.45, 7) is 3.76. The van der Waals surface area contributed by atoms with Gasteiger partial charge in [0.1, 0.15) is 6.54 Å². The van der Waals surface area contributed by atoms with Gasteiger partial charge in [-0.15, -0.1) is 0 Å². The van der Waals surface area contributed by atoms with E-state index in [9.17, 15) is 19.7 Å². The minimum atomic E-state index is -0.492. The van der Waals surface area contributed by atoms with Crippen molar-refractivity contribution in [1.29, 1.82) is 0 Å². The lowest BCUT2D eigenvalue weighted by atomic mass is 10.1. The number of thiazole rings is 1. The van der Waals surface area contributed by atoms with Gasteiger partial charge in [0.05, 0.1) is 28.2 Å². The molecule has 0 fully saturated rings. The number of nitro benzene ring substituents is 1. The van der Waals surface area contributed by atoms with Crippen LogP contribution in [0.5, 0.6) is 0 Å². The molecule has 0 saturated carbocycles. The Labute approximate surface area is 170 Å². The predicted molar refractivity (Wildman–Crippen MR) is 109 cm³/mol. The van der Waals surface area contributed by atoms with Gasteiger partial charge in [-0.1, -0.05) is 41.2 Å². The number of hydrogen-bond acceptors (Lipinski definition) is 6. The lowest BCUT2D eigenvalue weighted by Crippen LogP contribution is -2.23. The third-order valence-electron chi connectivity index (χ3n) is 4.17. The number of carbonyl (C=O) groups is 2. The fraction of sp³-hybridized carbons (Fsp3) is 0.250. The van der Waals surface area contributed by atoms with E-state index in [1.807, 2.05) is 31.2 Å². The number of esters is 1. The van der Waals surface area contributed by atoms with E-state index in [1.165, 1.54) is 12.1 Å². The summed E-state index contributed by atoms with van der Waals surface area (Å²) in [5, 5.41) is 11.1. The first-order valence-corrected chi connectivity index (χ1v) is 9.75. The highest BCUT2D eigenvalue weighted by molar-refractivity contribution is 7.16. The van der Waals surface area contributed by atoms with E-state index >= 15 is 0 Å². The number of amides is 1. The van der Waals surface area contributed by atoms with E-state index < -0.39 is 10.9 Å². The Balaban J connectivity index is 2.02. The first kappa shape index (κ1) is 20.4. The van der Waals surface area contributed by atoms with Crippen LogP contribution in [-0.4, -0.2) is 28.0 Å². The molecule has 0 radical (unpaired) electrons. The van der Waals surface area contributed by atoms with Crippen molar-refractivity contribution in [3.8, 4) is 0 Å². The number of aromatic nitrogens is 1. The van der Waals surface area contributed by atoms with Crippen molar-refractivity contribution in [1.82, 2.24) is 4.57 Å². The zero-order valence-corrected chi connectivity index (χ0v) is 16.8. The quantitative estimate of drug-likeness (QED) is 0.351. The highest BCUT2D eigenvalue weighted by Crippen LogP contribution is 2.23. The molecule has 2 aromatic carbocycles. The molecule has 0 N–H and O–H groups in total. The van der Waals surface area contributed by atoms with Crippen molar-refractivity contribution in [2.24, 2.45) is 4.99 Å². The van der Waals surface area contributed by atoms with E-state index in [0.29, 0.717) is 15.0 Å². The summed E-state index contributed by atoms with van der Waals surface area (Å²) < 4.78 is 7.11. The topological polar surface area (TPSA) is 104 Å². The molecule has 1 amide bonds. The molecule has 0 aliphatic heterocycles. The van der Waals surface area contributed by atoms with Crippen LogP contribution in [-0.2, 0) is 27.3 Å². The molecular weight excluding hydrogens is 394 g/mol. The number of non-ortho nitro benzene ring substituents is 1. The fourth-order valence-corrected chi connectivity index (χ4v) is 3.86. The van der Waals surface area contributed by atoms with Gasteiger partial charge in [0.2, 0.25) is 0 Å². The molecule has 8 nitrogen and oxygen atoms in total. The molecule has 29 heavy (non-hydrogen) atoms. The Morgan fingerprint density at radius 2 is 1.93 bits per heavy atom. The Kier molecular flexibility index (Phi) is 6.18. The minimum absolute atomic E-state index is 0.0698. The third-order valence-corrected chi connectivity index (χ3v) is 5.21. The van der Waals surface area contributed by atoms with Gasteiger partial charge in [-0.05, 0) is 25.5 Å². The van der Waals surface area contributed by atoms with E-state index in [0.717, 1.165) is 22.5 Å². The molecule has 0 atom stereocenters. The normalized spacial score (nSPS) is 11.6. The highest BCUT2D eigenvalue weighted by atomic mass is 32.1. The van der Waals surface area contributed by atoms with Gasteiger partial charge in [0.15, 0.2) is 4.80 Å². The standard InChI is InChI=1S/C20H19N3O5S/c1-3-28-19(25)12-22-16-9-8-15(23(26)27)11-17(16)29-20(22)21-18(24)10-14-6-4-13(2)5-7-14/h4-9,11H,3,10,12H2,1-2H3. The number of rotatable bonds is 6. The lowest BCUT2D eigenvalue weighted by molar-refractivity contribution is -0.384. The lowest BCUT2D eigenvalue weighted by Gasteiger charge is -2.05. The SMILES string of the molecule is CCOC(=O)Cn1c(=NC(=O)Cc2ccc(C)cc2)sc2cc([N+](=O)[O-])ccc21. The van der Waals surface area contributed by atoms with Gasteiger partial charge < -0.3 is 9.30 Å². The summed E-state index contributed by atoms with van der Waals surface area (Å²) in [5.74, 6) is -0.842. The molecule has 1 aromatic heterocycles. The van der Waals surface area contributed by atoms with Crippen LogP contribution in [0.25, 0.3) is 10.2 Å². The van der Waals surface area contributed by atoms with Crippen LogP contribution in [0.1, 0.15) is 18.1 Å². The number of nitrogens with zero attached hydrogens (tertiary/aromatic N) is 3. The maximum absolute atomic E-state index is 12.5. The average molecular weight is 413 g/mol. The summed E-state index contributed by atoms with van der Waals surface area (Å²) in [4.78, 5) is 39.5. The van der Waals surface area contributed by atoms with Crippen LogP contribution in [0.3, 0.4) is 0 Å². The maximum atomic E-state index is 12.5. The summed E-state index contributed by atoms with van der Waals surface area (Å²) >= 11 is 1.12. The monoisotopic (exact) mass is 413 g/mol. The molecule has 0 bridgehead atoms. The molecule has 3 aromatic rings. The van der Waals surface area contributed by atoms with Crippen molar-refractivity contribution in [3.63, 3.8) is 0 Å². The first-order chi connectivity index (χ1) is 13.9. The molecule has 150 valence electrons. The number of hydrogen-bond donors (Lipinski definition) is 0. The van der Waals surface area contributed by atoms with Crippen LogP contribution in [0.2, 0.25) is 0 Å². The van der Waals surface area contributed by atoms with Crippen LogP contribution in [0.4, 0.5) is 5.69 Å². The van der Waals surface area contributed by atoms with Crippen molar-refractivity contribution < 1.29 is 19.2 Å². The predicted octanol–water partition coefficient (Wildman–Crippen LogP) is 3.15. The molecule has 9 heteroatoms. The molecule has 0 aliphatic carbocycles. The number of benzene rings is 2. The zero-order valence-electron chi connectivity index (χ0n) is 16.0. The molecule has 0 spiro atoms. The van der Waals surface area contributed by atoms with Gasteiger partial charge in [-0.3, -0.25) is 19.7 Å². The van der Waals surface area contributed by atoms with E-state index in [2.05, 4.69) is 4.99 Å². The molecule has 1 heterocycles. The first-order valence-electron chi connectivity index (χ1n) is 8.94. The van der Waals surface area contributed by atoms with Crippen LogP contribution >= 0.6 is 11.3 Å². The maximum Gasteiger partial charge on any atom is 0.326 e. The largest absolute Gasteiger partial charge is 0.465 e. The van der Waals surface area contributed by atoms with E-state index in [1.54, 1.807) is 17.6 Å². The zero-order chi connectivity index (χ0) is 21.0. The Morgan fingerprint density at radius 3 is 2.59 bits per heavy atom. The highest BCUT2D eigenvalue weighted by Gasteiger charge is 2.15. The fourth-order valence-electron chi connectivity index (χ4n) is 2.78.